The maximum Gasteiger partial charge on any atom is 0.282 e. The normalized spacial score (nSPS) is 20.8. The van der Waals surface area contributed by atoms with E-state index in [-0.39, 0.29) is 23.9 Å². The van der Waals surface area contributed by atoms with E-state index in [2.05, 4.69) is 20.8 Å². The largest absolute Gasteiger partial charge is 0.329 e. The number of piperidine rings is 1. The van der Waals surface area contributed by atoms with Crippen molar-refractivity contribution in [3.8, 4) is 0 Å². The molecule has 0 bridgehead atoms. The highest BCUT2D eigenvalue weighted by atomic mass is 35.5. The Morgan fingerprint density at radius 3 is 2.10 bits per heavy atom. The van der Waals surface area contributed by atoms with Crippen LogP contribution in [-0.4, -0.2) is 49.8 Å². The fraction of sp³-hybridized carbons (Fsp3) is 1.00. The van der Waals surface area contributed by atoms with Crippen LogP contribution in [-0.2, 0) is 10.2 Å². The number of nitrogens with zero attached hydrogens (tertiary/aromatic N) is 2. The van der Waals surface area contributed by atoms with E-state index in [0.29, 0.717) is 25.6 Å². The third kappa shape index (κ3) is 4.56. The summed E-state index contributed by atoms with van der Waals surface area (Å²) < 4.78 is 27.9. The fourth-order valence-electron chi connectivity index (χ4n) is 2.51. The molecular weight excluding hydrogens is 298 g/mol. The van der Waals surface area contributed by atoms with E-state index in [1.54, 1.807) is 11.4 Å². The van der Waals surface area contributed by atoms with Gasteiger partial charge in [-0.2, -0.15) is 17.0 Å². The maximum atomic E-state index is 12.4. The van der Waals surface area contributed by atoms with Crippen LogP contribution in [0.3, 0.4) is 0 Å². The van der Waals surface area contributed by atoms with Crippen LogP contribution in [0.25, 0.3) is 0 Å². The molecule has 0 aromatic rings. The standard InChI is InChI=1S/C13H29N3O2S.ClH/c1-11(10-14)15(5)19(17,18)16-8-6-12(7-9-16)13(2,3)4;/h11-12H,6-10,14H2,1-5H3;1H. The Bertz CT molecular complexity index is 387. The molecule has 1 saturated heterocycles. The number of likely N-dealkylation sites (N-methyl/N-ethyl adjacent to an activating group) is 1. The summed E-state index contributed by atoms with van der Waals surface area (Å²) in [4.78, 5) is 0. The topological polar surface area (TPSA) is 66.6 Å². The molecule has 1 atom stereocenters. The Kier molecular flexibility index (Phi) is 7.45. The molecule has 1 aliphatic rings. The molecule has 0 aliphatic carbocycles. The van der Waals surface area contributed by atoms with Gasteiger partial charge < -0.3 is 5.73 Å². The van der Waals surface area contributed by atoms with Crippen LogP contribution in [0.15, 0.2) is 0 Å². The lowest BCUT2D eigenvalue weighted by Crippen LogP contribution is -2.50. The van der Waals surface area contributed by atoms with Gasteiger partial charge >= 0.3 is 0 Å². The molecule has 2 N–H and O–H groups in total. The molecule has 20 heavy (non-hydrogen) atoms. The minimum absolute atomic E-state index is 0. The molecule has 1 aliphatic heterocycles. The molecule has 5 nitrogen and oxygen atoms in total. The van der Waals surface area contributed by atoms with Crippen molar-refractivity contribution in [1.29, 1.82) is 0 Å². The lowest BCUT2D eigenvalue weighted by atomic mass is 9.76. The van der Waals surface area contributed by atoms with E-state index < -0.39 is 10.2 Å². The van der Waals surface area contributed by atoms with Crippen molar-refractivity contribution < 1.29 is 8.42 Å². The summed E-state index contributed by atoms with van der Waals surface area (Å²) in [5.74, 6) is 0.594. The van der Waals surface area contributed by atoms with E-state index >= 15 is 0 Å². The van der Waals surface area contributed by atoms with E-state index in [9.17, 15) is 8.42 Å². The maximum absolute atomic E-state index is 12.4. The van der Waals surface area contributed by atoms with Gasteiger partial charge in [-0.25, -0.2) is 0 Å². The van der Waals surface area contributed by atoms with E-state index in [1.165, 1.54) is 4.31 Å². The Balaban J connectivity index is 0.00000361. The molecule has 0 aromatic carbocycles. The Hall–Kier alpha value is 0.120. The summed E-state index contributed by atoms with van der Waals surface area (Å²) in [6, 6.07) is -0.162. The van der Waals surface area contributed by atoms with Crippen molar-refractivity contribution in [1.82, 2.24) is 8.61 Å². The van der Waals surface area contributed by atoms with Crippen LogP contribution in [0.4, 0.5) is 0 Å². The lowest BCUT2D eigenvalue weighted by molar-refractivity contribution is 0.149. The molecule has 0 amide bonds. The highest BCUT2D eigenvalue weighted by molar-refractivity contribution is 7.86. The number of hydrogen-bond donors (Lipinski definition) is 1. The van der Waals surface area contributed by atoms with Gasteiger partial charge in [0.15, 0.2) is 0 Å². The zero-order valence-electron chi connectivity index (χ0n) is 13.3. The van der Waals surface area contributed by atoms with Gasteiger partial charge in [0.2, 0.25) is 0 Å². The highest BCUT2D eigenvalue weighted by Crippen LogP contribution is 2.35. The molecule has 1 heterocycles. The SMILES string of the molecule is CC(CN)N(C)S(=O)(=O)N1CCC(C(C)(C)C)CC1.Cl. The molecule has 1 fully saturated rings. The molecule has 0 saturated carbocycles. The van der Waals surface area contributed by atoms with Crippen LogP contribution in [0.2, 0.25) is 0 Å². The van der Waals surface area contributed by atoms with Crippen molar-refractivity contribution in [2.24, 2.45) is 17.1 Å². The number of halogens is 1. The third-order valence-corrected chi connectivity index (χ3v) is 6.44. The smallest absolute Gasteiger partial charge is 0.282 e. The van der Waals surface area contributed by atoms with Gasteiger partial charge in [-0.15, -0.1) is 12.4 Å². The molecule has 7 heteroatoms. The van der Waals surface area contributed by atoms with Gasteiger partial charge in [-0.3, -0.25) is 0 Å². The van der Waals surface area contributed by atoms with Crippen molar-refractivity contribution in [2.45, 2.75) is 46.6 Å². The molecule has 0 spiro atoms. The number of hydrogen-bond acceptors (Lipinski definition) is 3. The first-order valence-corrected chi connectivity index (χ1v) is 8.43. The Morgan fingerprint density at radius 1 is 1.30 bits per heavy atom. The molecule has 0 radical (unpaired) electrons. The summed E-state index contributed by atoms with van der Waals surface area (Å²) in [6.07, 6.45) is 1.88. The zero-order chi connectivity index (χ0) is 14.8. The average molecular weight is 328 g/mol. The highest BCUT2D eigenvalue weighted by Gasteiger charge is 2.35. The van der Waals surface area contributed by atoms with Gasteiger partial charge in [0.1, 0.15) is 0 Å². The number of rotatable bonds is 4. The van der Waals surface area contributed by atoms with E-state index in [4.69, 9.17) is 5.73 Å². The summed E-state index contributed by atoms with van der Waals surface area (Å²) >= 11 is 0. The predicted octanol–water partition coefficient (Wildman–Crippen LogP) is 1.69. The molecule has 1 rings (SSSR count). The van der Waals surface area contributed by atoms with Gasteiger partial charge in [0, 0.05) is 32.7 Å². The minimum Gasteiger partial charge on any atom is -0.329 e. The molecule has 0 aromatic heterocycles. The fourth-order valence-corrected chi connectivity index (χ4v) is 4.09. The second-order valence-corrected chi connectivity index (χ2v) is 8.64. The van der Waals surface area contributed by atoms with Crippen molar-refractivity contribution >= 4 is 22.6 Å². The van der Waals surface area contributed by atoms with E-state index in [0.717, 1.165) is 12.8 Å². The minimum atomic E-state index is -3.36. The quantitative estimate of drug-likeness (QED) is 0.854. The van der Waals surface area contributed by atoms with Crippen LogP contribution < -0.4 is 5.73 Å². The predicted molar refractivity (Wildman–Crippen MR) is 86.2 cm³/mol. The van der Waals surface area contributed by atoms with Crippen LogP contribution in [0.1, 0.15) is 40.5 Å². The summed E-state index contributed by atoms with van der Waals surface area (Å²) in [7, 11) is -1.74. The first-order chi connectivity index (χ1) is 8.60. The average Bonchev–Trinajstić information content (AvgIpc) is 2.36. The van der Waals surface area contributed by atoms with Crippen molar-refractivity contribution in [2.75, 3.05) is 26.7 Å². The summed E-state index contributed by atoms with van der Waals surface area (Å²) in [5, 5.41) is 0. The van der Waals surface area contributed by atoms with Crippen molar-refractivity contribution in [3.63, 3.8) is 0 Å². The summed E-state index contributed by atoms with van der Waals surface area (Å²) in [6.45, 7) is 10.1. The van der Waals surface area contributed by atoms with Gasteiger partial charge in [-0.05, 0) is 31.1 Å². The second kappa shape index (κ2) is 7.40. The monoisotopic (exact) mass is 327 g/mol. The zero-order valence-corrected chi connectivity index (χ0v) is 14.9. The Labute approximate surface area is 130 Å². The second-order valence-electron chi connectivity index (χ2n) is 6.65. The van der Waals surface area contributed by atoms with Crippen LogP contribution in [0, 0.1) is 11.3 Å². The molecule has 122 valence electrons. The van der Waals surface area contributed by atoms with E-state index in [1.807, 2.05) is 6.92 Å². The first-order valence-electron chi connectivity index (χ1n) is 7.04. The molecular formula is C13H30ClN3O2S. The van der Waals surface area contributed by atoms with Crippen LogP contribution in [0.5, 0.6) is 0 Å². The van der Waals surface area contributed by atoms with Crippen LogP contribution >= 0.6 is 12.4 Å². The third-order valence-electron chi connectivity index (χ3n) is 4.33. The Morgan fingerprint density at radius 2 is 1.75 bits per heavy atom. The molecule has 1 unspecified atom stereocenters. The van der Waals surface area contributed by atoms with Gasteiger partial charge in [0.25, 0.3) is 10.2 Å². The number of nitrogens with two attached hydrogens (primary N) is 1. The summed E-state index contributed by atoms with van der Waals surface area (Å²) in [5.41, 5.74) is 5.81. The van der Waals surface area contributed by atoms with Gasteiger partial charge in [-0.1, -0.05) is 20.8 Å². The first kappa shape index (κ1) is 20.1. The van der Waals surface area contributed by atoms with Crippen molar-refractivity contribution in [3.05, 3.63) is 0 Å². The lowest BCUT2D eigenvalue weighted by Gasteiger charge is -2.39. The van der Waals surface area contributed by atoms with Gasteiger partial charge in [0.05, 0.1) is 0 Å².